The number of anilines is 2. The Hall–Kier alpha value is -2.67. The van der Waals surface area contributed by atoms with Crippen LogP contribution < -0.4 is 13.8 Å². The molecular weight excluding hydrogens is 316 g/mol. The number of para-hydroxylation sites is 1. The molecule has 0 bridgehead atoms. The highest BCUT2D eigenvalue weighted by Crippen LogP contribution is 2.40. The molecule has 23 heavy (non-hydrogen) atoms. The fourth-order valence-corrected chi connectivity index (χ4v) is 2.93. The average molecular weight is 330 g/mol. The molecule has 2 aromatic carbocycles. The molecule has 1 heterocycles. The van der Waals surface area contributed by atoms with Gasteiger partial charge in [0.2, 0.25) is 0 Å². The molecule has 7 heteroatoms. The first-order valence-corrected chi connectivity index (χ1v) is 7.60. The maximum atomic E-state index is 12.1. The van der Waals surface area contributed by atoms with E-state index in [0.29, 0.717) is 16.9 Å². The normalized spacial score (nSPS) is 12.3. The monoisotopic (exact) mass is 330 g/mol. The Kier molecular flexibility index (Phi) is 4.38. The maximum absolute atomic E-state index is 12.1. The van der Waals surface area contributed by atoms with Gasteiger partial charge in [0.05, 0.1) is 36.2 Å². The number of carbonyl (C=O) groups excluding carboxylic acids is 2. The smallest absolute Gasteiger partial charge is 0.339 e. The highest BCUT2D eigenvalue weighted by Gasteiger charge is 2.23. The molecule has 1 N–H and O–H groups in total. The summed E-state index contributed by atoms with van der Waals surface area (Å²) in [6, 6.07) is 12.1. The predicted molar refractivity (Wildman–Crippen MR) is 88.8 cm³/mol. The number of methoxy groups -OCH3 is 1. The fourth-order valence-electron chi connectivity index (χ4n) is 2.15. The molecule has 0 unspecified atom stereocenters. The summed E-state index contributed by atoms with van der Waals surface area (Å²) in [5, 5.41) is 0. The lowest BCUT2D eigenvalue weighted by Crippen LogP contribution is -2.19. The lowest BCUT2D eigenvalue weighted by Gasteiger charge is -2.15. The third kappa shape index (κ3) is 3.09. The molecule has 0 atom stereocenters. The van der Waals surface area contributed by atoms with Crippen LogP contribution in [0.3, 0.4) is 0 Å². The summed E-state index contributed by atoms with van der Waals surface area (Å²) in [5.74, 6) is 0.254. The van der Waals surface area contributed by atoms with E-state index in [1.165, 1.54) is 12.1 Å². The zero-order chi connectivity index (χ0) is 16.2. The second-order valence-electron chi connectivity index (χ2n) is 4.72. The van der Waals surface area contributed by atoms with Gasteiger partial charge in [-0.3, -0.25) is 9.10 Å². The molecule has 0 amide bonds. The Bertz CT molecular complexity index is 733. The Labute approximate surface area is 137 Å². The van der Waals surface area contributed by atoms with Gasteiger partial charge in [-0.25, -0.2) is 4.79 Å². The molecule has 1 aliphatic rings. The van der Waals surface area contributed by atoms with Crippen LogP contribution in [0.1, 0.15) is 20.7 Å². The van der Waals surface area contributed by atoms with Crippen molar-refractivity contribution in [3.8, 4) is 5.75 Å². The molecule has 2 aromatic rings. The number of aldehydes is 1. The van der Waals surface area contributed by atoms with E-state index in [4.69, 9.17) is 9.47 Å². The van der Waals surface area contributed by atoms with Gasteiger partial charge in [0, 0.05) is 5.56 Å². The SMILES string of the molecule is COc1ccc(C(=O)OCN2SNc3c(C=O)cccc32)cc1. The van der Waals surface area contributed by atoms with Gasteiger partial charge >= 0.3 is 5.97 Å². The van der Waals surface area contributed by atoms with Crippen molar-refractivity contribution in [3.63, 3.8) is 0 Å². The summed E-state index contributed by atoms with van der Waals surface area (Å²) >= 11 is 1.27. The number of benzene rings is 2. The van der Waals surface area contributed by atoms with Crippen LogP contribution in [0.5, 0.6) is 5.75 Å². The maximum Gasteiger partial charge on any atom is 0.339 e. The van der Waals surface area contributed by atoms with Crippen molar-refractivity contribution < 1.29 is 19.1 Å². The van der Waals surface area contributed by atoms with Gasteiger partial charge in [0.25, 0.3) is 0 Å². The van der Waals surface area contributed by atoms with E-state index in [0.717, 1.165) is 17.7 Å². The van der Waals surface area contributed by atoms with Crippen LogP contribution in [0.25, 0.3) is 0 Å². The van der Waals surface area contributed by atoms with Gasteiger partial charge in [0.1, 0.15) is 5.75 Å². The van der Waals surface area contributed by atoms with Crippen molar-refractivity contribution >= 4 is 35.8 Å². The number of nitrogens with zero attached hydrogens (tertiary/aromatic N) is 1. The lowest BCUT2D eigenvalue weighted by molar-refractivity contribution is 0.0522. The molecule has 3 rings (SSSR count). The lowest BCUT2D eigenvalue weighted by atomic mass is 10.1. The molecule has 0 saturated heterocycles. The molecule has 118 valence electrons. The molecule has 6 nitrogen and oxygen atoms in total. The van der Waals surface area contributed by atoms with Crippen LogP contribution in [0, 0.1) is 0 Å². The number of hydrogen-bond donors (Lipinski definition) is 1. The number of esters is 1. The van der Waals surface area contributed by atoms with E-state index in [2.05, 4.69) is 4.72 Å². The highest BCUT2D eigenvalue weighted by atomic mass is 32.2. The van der Waals surface area contributed by atoms with Crippen molar-refractivity contribution in [3.05, 3.63) is 53.6 Å². The third-order valence-corrected chi connectivity index (χ3v) is 4.18. The largest absolute Gasteiger partial charge is 0.497 e. The van der Waals surface area contributed by atoms with Gasteiger partial charge in [0.15, 0.2) is 13.0 Å². The quantitative estimate of drug-likeness (QED) is 0.513. The molecule has 0 aliphatic carbocycles. The number of carbonyl (C=O) groups is 2. The number of nitrogens with one attached hydrogen (secondary N) is 1. The number of fused-ring (bicyclic) bond motifs is 1. The van der Waals surface area contributed by atoms with Crippen LogP contribution in [0.2, 0.25) is 0 Å². The minimum Gasteiger partial charge on any atom is -0.497 e. The Morgan fingerprint density at radius 2 is 2.04 bits per heavy atom. The summed E-state index contributed by atoms with van der Waals surface area (Å²) in [4.78, 5) is 23.1. The minimum atomic E-state index is -0.423. The molecule has 0 saturated carbocycles. The van der Waals surface area contributed by atoms with E-state index in [9.17, 15) is 9.59 Å². The zero-order valence-electron chi connectivity index (χ0n) is 12.3. The van der Waals surface area contributed by atoms with Crippen molar-refractivity contribution in [1.29, 1.82) is 0 Å². The van der Waals surface area contributed by atoms with E-state index in [1.807, 2.05) is 6.07 Å². The molecule has 0 spiro atoms. The van der Waals surface area contributed by atoms with Gasteiger partial charge in [-0.05, 0) is 36.4 Å². The predicted octanol–water partition coefficient (Wildman–Crippen LogP) is 3.12. The fraction of sp³-hybridized carbons (Fsp3) is 0.125. The Morgan fingerprint density at radius 3 is 2.74 bits per heavy atom. The van der Waals surface area contributed by atoms with Crippen molar-refractivity contribution in [2.24, 2.45) is 0 Å². The Morgan fingerprint density at radius 1 is 1.26 bits per heavy atom. The van der Waals surface area contributed by atoms with Crippen LogP contribution in [0.15, 0.2) is 42.5 Å². The van der Waals surface area contributed by atoms with E-state index >= 15 is 0 Å². The topological polar surface area (TPSA) is 67.9 Å². The van der Waals surface area contributed by atoms with Crippen molar-refractivity contribution in [2.45, 2.75) is 0 Å². The average Bonchev–Trinajstić information content (AvgIpc) is 3.03. The molecule has 0 fully saturated rings. The van der Waals surface area contributed by atoms with E-state index in [-0.39, 0.29) is 6.73 Å². The van der Waals surface area contributed by atoms with E-state index in [1.54, 1.807) is 47.8 Å². The summed E-state index contributed by atoms with van der Waals surface area (Å²) < 4.78 is 15.2. The first-order valence-electron chi connectivity index (χ1n) is 6.83. The Balaban J connectivity index is 1.66. The standard InChI is InChI=1S/C16H14N2O4S/c1-21-13-7-5-11(6-8-13)16(20)22-10-18-14-4-2-3-12(9-19)15(14)17-23-18/h2-9,17H,10H2,1H3. The van der Waals surface area contributed by atoms with Crippen LogP contribution in [-0.4, -0.2) is 26.1 Å². The summed E-state index contributed by atoms with van der Waals surface area (Å²) in [7, 11) is 1.57. The van der Waals surface area contributed by atoms with Crippen molar-refractivity contribution in [2.75, 3.05) is 22.9 Å². The summed E-state index contributed by atoms with van der Waals surface area (Å²) in [6.07, 6.45) is 0.791. The zero-order valence-corrected chi connectivity index (χ0v) is 13.1. The van der Waals surface area contributed by atoms with Gasteiger partial charge in [-0.15, -0.1) is 0 Å². The number of ether oxygens (including phenoxy) is 2. The van der Waals surface area contributed by atoms with Gasteiger partial charge in [-0.1, -0.05) is 6.07 Å². The molecular formula is C16H14N2O4S. The molecule has 1 aliphatic heterocycles. The highest BCUT2D eigenvalue weighted by molar-refractivity contribution is 8.02. The van der Waals surface area contributed by atoms with Crippen LogP contribution >= 0.6 is 12.1 Å². The first-order chi connectivity index (χ1) is 11.2. The number of hydrogen-bond acceptors (Lipinski definition) is 7. The third-order valence-electron chi connectivity index (χ3n) is 3.37. The second-order valence-corrected chi connectivity index (χ2v) is 5.55. The van der Waals surface area contributed by atoms with Crippen molar-refractivity contribution in [1.82, 2.24) is 0 Å². The summed E-state index contributed by atoms with van der Waals surface area (Å²) in [6.45, 7) is 0.0673. The number of rotatable bonds is 5. The van der Waals surface area contributed by atoms with Crippen LogP contribution in [-0.2, 0) is 4.74 Å². The summed E-state index contributed by atoms with van der Waals surface area (Å²) in [5.41, 5.74) is 2.55. The van der Waals surface area contributed by atoms with Crippen LogP contribution in [0.4, 0.5) is 11.4 Å². The van der Waals surface area contributed by atoms with Gasteiger partial charge in [-0.2, -0.15) is 0 Å². The second kappa shape index (κ2) is 6.62. The van der Waals surface area contributed by atoms with E-state index < -0.39 is 5.97 Å². The molecule has 0 aromatic heterocycles. The van der Waals surface area contributed by atoms with Gasteiger partial charge < -0.3 is 14.2 Å². The minimum absolute atomic E-state index is 0.0673. The first kappa shape index (κ1) is 15.2. The molecule has 0 radical (unpaired) electrons.